The molecule has 0 aliphatic carbocycles. The number of ether oxygens (including phenoxy) is 1. The summed E-state index contributed by atoms with van der Waals surface area (Å²) in [4.78, 5) is 22.2. The number of benzene rings is 1. The lowest BCUT2D eigenvalue weighted by Crippen LogP contribution is -2.32. The molecule has 0 aliphatic rings. The molecule has 0 aliphatic heterocycles. The van der Waals surface area contributed by atoms with Crippen molar-refractivity contribution in [1.82, 2.24) is 5.32 Å². The van der Waals surface area contributed by atoms with Crippen molar-refractivity contribution < 1.29 is 19.4 Å². The zero-order valence-electron chi connectivity index (χ0n) is 11.8. The summed E-state index contributed by atoms with van der Waals surface area (Å²) >= 11 is 1.49. The van der Waals surface area contributed by atoms with Gasteiger partial charge in [0.15, 0.2) is 6.61 Å². The van der Waals surface area contributed by atoms with Gasteiger partial charge in [-0.2, -0.15) is 11.8 Å². The van der Waals surface area contributed by atoms with E-state index in [1.807, 2.05) is 32.2 Å². The molecule has 20 heavy (non-hydrogen) atoms. The molecule has 0 bridgehead atoms. The summed E-state index contributed by atoms with van der Waals surface area (Å²) < 4.78 is 5.05. The van der Waals surface area contributed by atoms with Crippen LogP contribution in [0.2, 0.25) is 0 Å². The number of rotatable bonds is 7. The fourth-order valence-electron chi connectivity index (χ4n) is 1.52. The van der Waals surface area contributed by atoms with Gasteiger partial charge in [0.05, 0.1) is 11.3 Å². The van der Waals surface area contributed by atoms with Crippen molar-refractivity contribution in [3.8, 4) is 5.75 Å². The second-order valence-corrected chi connectivity index (χ2v) is 5.54. The van der Waals surface area contributed by atoms with Gasteiger partial charge >= 0.3 is 5.97 Å². The topological polar surface area (TPSA) is 75.6 Å². The average molecular weight is 297 g/mol. The summed E-state index contributed by atoms with van der Waals surface area (Å²) in [6, 6.07) is 6.90. The van der Waals surface area contributed by atoms with E-state index in [0.717, 1.165) is 5.56 Å². The third-order valence-electron chi connectivity index (χ3n) is 2.82. The van der Waals surface area contributed by atoms with Crippen LogP contribution in [0.4, 0.5) is 0 Å². The quantitative estimate of drug-likeness (QED) is 0.806. The number of nitrogens with one attached hydrogen (secondary N) is 1. The first-order valence-corrected chi connectivity index (χ1v) is 7.50. The maximum absolute atomic E-state index is 11.8. The lowest BCUT2D eigenvalue weighted by Gasteiger charge is -2.17. The first kappa shape index (κ1) is 16.4. The van der Waals surface area contributed by atoms with E-state index in [-0.39, 0.29) is 23.8 Å². The standard InChI is InChI=1S/C14H19NO4S/c1-9(15-14(18)10(2)20-3)11-4-6-12(7-5-11)19-8-13(16)17/h4-7,9-10H,8H2,1-3H3,(H,15,18)(H,16,17). The Morgan fingerprint density at radius 3 is 2.40 bits per heavy atom. The van der Waals surface area contributed by atoms with E-state index < -0.39 is 5.97 Å². The fraction of sp³-hybridized carbons (Fsp3) is 0.429. The Balaban J connectivity index is 2.59. The van der Waals surface area contributed by atoms with E-state index in [9.17, 15) is 9.59 Å². The molecule has 2 unspecified atom stereocenters. The average Bonchev–Trinajstić information content (AvgIpc) is 2.44. The Hall–Kier alpha value is -1.69. The third kappa shape index (κ3) is 5.13. The van der Waals surface area contributed by atoms with Crippen LogP contribution >= 0.6 is 11.8 Å². The molecule has 2 N–H and O–H groups in total. The highest BCUT2D eigenvalue weighted by atomic mass is 32.2. The maximum Gasteiger partial charge on any atom is 0.341 e. The van der Waals surface area contributed by atoms with Crippen LogP contribution in [0.15, 0.2) is 24.3 Å². The number of carboxylic acids is 1. The molecule has 1 rings (SSSR count). The molecule has 0 spiro atoms. The summed E-state index contributed by atoms with van der Waals surface area (Å²) in [7, 11) is 0. The number of carbonyl (C=O) groups excluding carboxylic acids is 1. The molecule has 0 saturated heterocycles. The van der Waals surface area contributed by atoms with Crippen LogP contribution in [0.5, 0.6) is 5.75 Å². The molecule has 1 aromatic rings. The van der Waals surface area contributed by atoms with Gasteiger partial charge < -0.3 is 15.2 Å². The second kappa shape index (κ2) is 7.79. The Bertz CT molecular complexity index is 461. The smallest absolute Gasteiger partial charge is 0.341 e. The minimum atomic E-state index is -1.01. The second-order valence-electron chi connectivity index (χ2n) is 4.36. The monoisotopic (exact) mass is 297 g/mol. The highest BCUT2D eigenvalue weighted by Gasteiger charge is 2.14. The van der Waals surface area contributed by atoms with Gasteiger partial charge in [0.25, 0.3) is 0 Å². The number of hydrogen-bond acceptors (Lipinski definition) is 4. The molecular formula is C14H19NO4S. The molecule has 0 saturated carbocycles. The van der Waals surface area contributed by atoms with Crippen LogP contribution in [0, 0.1) is 0 Å². The first-order valence-electron chi connectivity index (χ1n) is 6.21. The predicted molar refractivity (Wildman–Crippen MR) is 79.1 cm³/mol. The van der Waals surface area contributed by atoms with Crippen molar-refractivity contribution in [2.24, 2.45) is 0 Å². The summed E-state index contributed by atoms with van der Waals surface area (Å²) in [6.45, 7) is 3.39. The number of hydrogen-bond donors (Lipinski definition) is 2. The van der Waals surface area contributed by atoms with Crippen molar-refractivity contribution in [1.29, 1.82) is 0 Å². The Morgan fingerprint density at radius 1 is 1.30 bits per heavy atom. The van der Waals surface area contributed by atoms with Gasteiger partial charge in [-0.25, -0.2) is 4.79 Å². The molecule has 0 heterocycles. The van der Waals surface area contributed by atoms with E-state index in [0.29, 0.717) is 5.75 Å². The van der Waals surface area contributed by atoms with E-state index in [1.165, 1.54) is 11.8 Å². The first-order chi connectivity index (χ1) is 9.43. The van der Waals surface area contributed by atoms with Crippen LogP contribution in [0.1, 0.15) is 25.5 Å². The summed E-state index contributed by atoms with van der Waals surface area (Å²) in [5, 5.41) is 11.4. The summed E-state index contributed by atoms with van der Waals surface area (Å²) in [5.74, 6) is -0.524. The molecule has 0 aromatic heterocycles. The van der Waals surface area contributed by atoms with Crippen molar-refractivity contribution in [3.05, 3.63) is 29.8 Å². The van der Waals surface area contributed by atoms with Crippen LogP contribution < -0.4 is 10.1 Å². The van der Waals surface area contributed by atoms with Gasteiger partial charge in [0, 0.05) is 0 Å². The third-order valence-corrected chi connectivity index (χ3v) is 3.75. The van der Waals surface area contributed by atoms with Gasteiger partial charge in [0.1, 0.15) is 5.75 Å². The Kier molecular flexibility index (Phi) is 6.38. The molecule has 1 amide bonds. The van der Waals surface area contributed by atoms with E-state index in [4.69, 9.17) is 9.84 Å². The molecule has 6 heteroatoms. The van der Waals surface area contributed by atoms with Crippen molar-refractivity contribution in [2.45, 2.75) is 25.1 Å². The van der Waals surface area contributed by atoms with Gasteiger partial charge in [-0.05, 0) is 37.8 Å². The number of aliphatic carboxylic acids is 1. The zero-order valence-corrected chi connectivity index (χ0v) is 12.6. The van der Waals surface area contributed by atoms with E-state index in [2.05, 4.69) is 5.32 Å². The molecule has 2 atom stereocenters. The van der Waals surface area contributed by atoms with Crippen LogP contribution in [0.3, 0.4) is 0 Å². The molecular weight excluding hydrogens is 278 g/mol. The number of carboxylic acid groups (broad SMARTS) is 1. The minimum absolute atomic E-state index is 0.00352. The normalized spacial score (nSPS) is 13.3. The van der Waals surface area contributed by atoms with Gasteiger partial charge in [0.2, 0.25) is 5.91 Å². The van der Waals surface area contributed by atoms with E-state index >= 15 is 0 Å². The van der Waals surface area contributed by atoms with Gasteiger partial charge in [-0.3, -0.25) is 4.79 Å². The Labute approximate surface area is 122 Å². The fourth-order valence-corrected chi connectivity index (χ4v) is 1.80. The van der Waals surface area contributed by atoms with E-state index in [1.54, 1.807) is 12.1 Å². The van der Waals surface area contributed by atoms with Crippen molar-refractivity contribution >= 4 is 23.6 Å². The Morgan fingerprint density at radius 2 is 1.90 bits per heavy atom. The lowest BCUT2D eigenvalue weighted by molar-refractivity contribution is -0.139. The highest BCUT2D eigenvalue weighted by Crippen LogP contribution is 2.18. The molecule has 1 aromatic carbocycles. The number of carbonyl (C=O) groups is 2. The SMILES string of the molecule is CSC(C)C(=O)NC(C)c1ccc(OCC(=O)O)cc1. The minimum Gasteiger partial charge on any atom is -0.482 e. The van der Waals surface area contributed by atoms with Crippen molar-refractivity contribution in [3.63, 3.8) is 0 Å². The van der Waals surface area contributed by atoms with Crippen molar-refractivity contribution in [2.75, 3.05) is 12.9 Å². The largest absolute Gasteiger partial charge is 0.482 e. The number of thioether (sulfide) groups is 1. The summed E-state index contributed by atoms with van der Waals surface area (Å²) in [6.07, 6.45) is 1.89. The van der Waals surface area contributed by atoms with Gasteiger partial charge in [-0.15, -0.1) is 0 Å². The maximum atomic E-state index is 11.8. The number of amides is 1. The molecule has 110 valence electrons. The predicted octanol–water partition coefficient (Wildman–Crippen LogP) is 2.08. The molecule has 5 nitrogen and oxygen atoms in total. The zero-order chi connectivity index (χ0) is 15.1. The molecule has 0 radical (unpaired) electrons. The van der Waals surface area contributed by atoms with Crippen LogP contribution in [-0.2, 0) is 9.59 Å². The van der Waals surface area contributed by atoms with Crippen LogP contribution in [-0.4, -0.2) is 35.1 Å². The molecule has 0 fully saturated rings. The highest BCUT2D eigenvalue weighted by molar-refractivity contribution is 7.99. The van der Waals surface area contributed by atoms with Gasteiger partial charge in [-0.1, -0.05) is 12.1 Å². The summed E-state index contributed by atoms with van der Waals surface area (Å²) in [5.41, 5.74) is 0.939. The van der Waals surface area contributed by atoms with Crippen LogP contribution in [0.25, 0.3) is 0 Å². The lowest BCUT2D eigenvalue weighted by atomic mass is 10.1.